The second kappa shape index (κ2) is 13.1. The maximum absolute atomic E-state index is 11.9. The average molecular weight is 514 g/mol. The highest BCUT2D eigenvalue weighted by atomic mass is 16.5. The number of primary amides is 1. The van der Waals surface area contributed by atoms with E-state index in [1.54, 1.807) is 7.11 Å². The zero-order valence-corrected chi connectivity index (χ0v) is 22.6. The van der Waals surface area contributed by atoms with E-state index in [-0.39, 0.29) is 18.2 Å². The third-order valence-corrected chi connectivity index (χ3v) is 6.90. The molecule has 4 N–H and O–H groups in total. The number of rotatable bonds is 9. The van der Waals surface area contributed by atoms with Crippen LogP contribution in [0.25, 0.3) is 0 Å². The molecule has 200 valence electrons. The van der Waals surface area contributed by atoms with E-state index in [9.17, 15) is 4.79 Å². The van der Waals surface area contributed by atoms with Gasteiger partial charge in [-0.2, -0.15) is 0 Å². The van der Waals surface area contributed by atoms with Crippen LogP contribution in [0.3, 0.4) is 0 Å². The Bertz CT molecular complexity index is 1220. The number of amides is 1. The van der Waals surface area contributed by atoms with Crippen molar-refractivity contribution in [1.29, 1.82) is 0 Å². The van der Waals surface area contributed by atoms with Crippen molar-refractivity contribution < 1.29 is 9.53 Å². The first-order valence-corrected chi connectivity index (χ1v) is 13.4. The molecule has 1 heterocycles. The van der Waals surface area contributed by atoms with Gasteiger partial charge in [0.1, 0.15) is 5.75 Å². The number of guanidine groups is 1. The molecular weight excluding hydrogens is 474 g/mol. The first kappa shape index (κ1) is 27.2. The summed E-state index contributed by atoms with van der Waals surface area (Å²) in [6.45, 7) is 7.05. The van der Waals surface area contributed by atoms with Gasteiger partial charge in [-0.1, -0.05) is 55.8 Å². The zero-order chi connectivity index (χ0) is 26.9. The maximum atomic E-state index is 11.9. The Balaban J connectivity index is 1.62. The van der Waals surface area contributed by atoms with Gasteiger partial charge < -0.3 is 26.0 Å². The molecule has 4 rings (SSSR count). The van der Waals surface area contributed by atoms with Crippen molar-refractivity contribution in [3.05, 3.63) is 89.5 Å². The molecule has 1 unspecified atom stereocenters. The molecule has 2 atom stereocenters. The molecule has 1 amide bonds. The molecule has 7 nitrogen and oxygen atoms in total. The molecule has 38 heavy (non-hydrogen) atoms. The molecule has 1 fully saturated rings. The molecule has 0 spiro atoms. The summed E-state index contributed by atoms with van der Waals surface area (Å²) in [5, 5.41) is 7.10. The second-order valence-electron chi connectivity index (χ2n) is 9.86. The number of piperazine rings is 1. The number of carbonyl (C=O) groups excluding carboxylic acids is 1. The van der Waals surface area contributed by atoms with E-state index in [1.165, 1.54) is 5.56 Å². The highest BCUT2D eigenvalue weighted by Gasteiger charge is 2.21. The highest BCUT2D eigenvalue weighted by Crippen LogP contribution is 2.30. The number of nitrogens with two attached hydrogens (primary N) is 1. The fourth-order valence-electron chi connectivity index (χ4n) is 4.91. The molecular formula is C31H39N5O2. The van der Waals surface area contributed by atoms with E-state index in [0.717, 1.165) is 66.7 Å². The van der Waals surface area contributed by atoms with Crippen molar-refractivity contribution in [3.63, 3.8) is 0 Å². The number of benzene rings is 3. The molecule has 0 radical (unpaired) electrons. The van der Waals surface area contributed by atoms with Gasteiger partial charge in [0.2, 0.25) is 11.9 Å². The zero-order valence-electron chi connectivity index (χ0n) is 22.6. The third kappa shape index (κ3) is 7.13. The largest absolute Gasteiger partial charge is 0.497 e. The Morgan fingerprint density at radius 1 is 1.11 bits per heavy atom. The Hall–Kier alpha value is -3.84. The van der Waals surface area contributed by atoms with E-state index in [1.807, 2.05) is 42.5 Å². The minimum absolute atomic E-state index is 0.129. The molecule has 7 heteroatoms. The Morgan fingerprint density at radius 2 is 1.79 bits per heavy atom. The number of nitrogens with zero attached hydrogens (tertiary/aromatic N) is 2. The minimum Gasteiger partial charge on any atom is -0.497 e. The number of aryl methyl sites for hydroxylation is 1. The van der Waals surface area contributed by atoms with Gasteiger partial charge in [0.15, 0.2) is 0 Å². The van der Waals surface area contributed by atoms with Gasteiger partial charge in [0.05, 0.1) is 12.8 Å². The van der Waals surface area contributed by atoms with E-state index in [0.29, 0.717) is 6.04 Å². The van der Waals surface area contributed by atoms with Crippen LogP contribution in [0.5, 0.6) is 5.75 Å². The fourth-order valence-corrected chi connectivity index (χ4v) is 4.91. The van der Waals surface area contributed by atoms with Crippen LogP contribution < -0.4 is 21.1 Å². The van der Waals surface area contributed by atoms with Crippen LogP contribution in [0, 0.1) is 0 Å². The van der Waals surface area contributed by atoms with Crippen molar-refractivity contribution >= 4 is 23.2 Å². The van der Waals surface area contributed by atoms with Gasteiger partial charge in [-0.05, 0) is 60.4 Å². The van der Waals surface area contributed by atoms with Crippen LogP contribution in [0.4, 0.5) is 11.4 Å². The number of para-hydroxylation sites is 1. The lowest BCUT2D eigenvalue weighted by Crippen LogP contribution is -2.53. The summed E-state index contributed by atoms with van der Waals surface area (Å²) in [6.07, 6.45) is 2.30. The standard InChI is InChI=1S/C31H39N5O2/c1-4-7-25-8-5-6-9-29(25)35-31(36-19-18-33-22(2)21-36)34-26-14-10-23(11-15-26)28(20-30(32)37)24-12-16-27(38-3)17-13-24/h5-6,8-17,22,28,33H,4,7,18-21H2,1-3H3,(H2,32,37)(H,34,35)/t22-,28?/m0/s1. The second-order valence-corrected chi connectivity index (χ2v) is 9.86. The monoisotopic (exact) mass is 513 g/mol. The number of ether oxygens (including phenoxy) is 1. The number of nitrogens with one attached hydrogen (secondary N) is 2. The van der Waals surface area contributed by atoms with E-state index < -0.39 is 0 Å². The number of aliphatic imine (C=N–C) groups is 1. The molecule has 3 aromatic rings. The number of anilines is 1. The van der Waals surface area contributed by atoms with E-state index in [2.05, 4.69) is 59.7 Å². The highest BCUT2D eigenvalue weighted by molar-refractivity contribution is 5.95. The van der Waals surface area contributed by atoms with Gasteiger partial charge >= 0.3 is 0 Å². The number of hydrogen-bond donors (Lipinski definition) is 3. The van der Waals surface area contributed by atoms with Crippen molar-refractivity contribution in [3.8, 4) is 5.75 Å². The van der Waals surface area contributed by atoms with Gasteiger partial charge in [-0.15, -0.1) is 0 Å². The topological polar surface area (TPSA) is 92.0 Å². The van der Waals surface area contributed by atoms with Crippen molar-refractivity contribution in [1.82, 2.24) is 10.2 Å². The molecule has 0 bridgehead atoms. The lowest BCUT2D eigenvalue weighted by atomic mass is 9.88. The Kier molecular flexibility index (Phi) is 9.38. The van der Waals surface area contributed by atoms with Gasteiger partial charge in [0.25, 0.3) is 0 Å². The summed E-state index contributed by atoms with van der Waals surface area (Å²) < 4.78 is 5.29. The smallest absolute Gasteiger partial charge is 0.218 e. The van der Waals surface area contributed by atoms with Crippen LogP contribution >= 0.6 is 0 Å². The van der Waals surface area contributed by atoms with Crippen molar-refractivity contribution in [2.24, 2.45) is 10.7 Å². The molecule has 1 aliphatic heterocycles. The van der Waals surface area contributed by atoms with Crippen LogP contribution in [0.1, 0.15) is 49.3 Å². The summed E-state index contributed by atoms with van der Waals surface area (Å²) in [7, 11) is 1.64. The third-order valence-electron chi connectivity index (χ3n) is 6.90. The average Bonchev–Trinajstić information content (AvgIpc) is 2.93. The molecule has 1 saturated heterocycles. The van der Waals surface area contributed by atoms with Gasteiger partial charge in [0, 0.05) is 43.7 Å². The summed E-state index contributed by atoms with van der Waals surface area (Å²) in [6, 6.07) is 24.8. The normalized spacial score (nSPS) is 16.7. The first-order chi connectivity index (χ1) is 18.5. The van der Waals surface area contributed by atoms with E-state index >= 15 is 0 Å². The quantitative estimate of drug-likeness (QED) is 0.275. The molecule has 1 aliphatic rings. The predicted octanol–water partition coefficient (Wildman–Crippen LogP) is 5.05. The lowest BCUT2D eigenvalue weighted by Gasteiger charge is -2.34. The Morgan fingerprint density at radius 3 is 2.42 bits per heavy atom. The predicted molar refractivity (Wildman–Crippen MR) is 155 cm³/mol. The lowest BCUT2D eigenvalue weighted by molar-refractivity contribution is -0.118. The van der Waals surface area contributed by atoms with Crippen LogP contribution in [0.15, 0.2) is 77.8 Å². The van der Waals surface area contributed by atoms with Crippen LogP contribution in [-0.2, 0) is 11.2 Å². The number of hydrogen-bond acceptors (Lipinski definition) is 4. The molecule has 0 saturated carbocycles. The molecule has 3 aromatic carbocycles. The summed E-state index contributed by atoms with van der Waals surface area (Å²) in [5.41, 5.74) is 10.9. The van der Waals surface area contributed by atoms with Crippen molar-refractivity contribution in [2.75, 3.05) is 32.1 Å². The van der Waals surface area contributed by atoms with E-state index in [4.69, 9.17) is 15.5 Å². The summed E-state index contributed by atoms with van der Waals surface area (Å²) in [5.74, 6) is 1.16. The van der Waals surface area contributed by atoms with Gasteiger partial charge in [-0.25, -0.2) is 4.99 Å². The SMILES string of the molecule is CCCc1ccccc1N=C(Nc1ccc(C(CC(N)=O)c2ccc(OC)cc2)cc1)N1CCN[C@@H](C)C1. The molecule has 0 aromatic heterocycles. The molecule has 0 aliphatic carbocycles. The van der Waals surface area contributed by atoms with Gasteiger partial charge in [-0.3, -0.25) is 4.79 Å². The first-order valence-electron chi connectivity index (χ1n) is 13.4. The van der Waals surface area contributed by atoms with Crippen molar-refractivity contribution in [2.45, 2.75) is 45.1 Å². The summed E-state index contributed by atoms with van der Waals surface area (Å²) in [4.78, 5) is 19.3. The fraction of sp³-hybridized carbons (Fsp3) is 0.355. The van der Waals surface area contributed by atoms with Crippen LogP contribution in [-0.4, -0.2) is 49.6 Å². The Labute approximate surface area is 226 Å². The summed E-state index contributed by atoms with van der Waals surface area (Å²) >= 11 is 0. The van der Waals surface area contributed by atoms with Crippen LogP contribution in [0.2, 0.25) is 0 Å². The maximum Gasteiger partial charge on any atom is 0.218 e. The minimum atomic E-state index is -0.332. The number of carbonyl (C=O) groups is 1. The number of methoxy groups -OCH3 is 1.